The van der Waals surface area contributed by atoms with E-state index in [-0.39, 0.29) is 0 Å². The van der Waals surface area contributed by atoms with Crippen LogP contribution in [-0.2, 0) is 11.2 Å². The van der Waals surface area contributed by atoms with Crippen LogP contribution in [0.3, 0.4) is 0 Å². The van der Waals surface area contributed by atoms with Gasteiger partial charge in [-0.25, -0.2) is 0 Å². The number of hydrogen-bond acceptors (Lipinski definition) is 2. The lowest BCUT2D eigenvalue weighted by atomic mass is 9.92. The molecule has 2 atom stereocenters. The average Bonchev–Trinajstić information content (AvgIpc) is 2.47. The fourth-order valence-electron chi connectivity index (χ4n) is 2.58. The van der Waals surface area contributed by atoms with Gasteiger partial charge >= 0.3 is 0 Å². The Morgan fingerprint density at radius 3 is 2.60 bits per heavy atom. The van der Waals surface area contributed by atoms with Crippen molar-refractivity contribution in [2.24, 2.45) is 5.92 Å². The largest absolute Gasteiger partial charge is 0.383 e. The Balaban J connectivity index is 2.04. The Morgan fingerprint density at radius 1 is 1.05 bits per heavy atom. The Bertz CT molecular complexity index is 532. The summed E-state index contributed by atoms with van der Waals surface area (Å²) in [6, 6.07) is 15.7. The smallest absolute Gasteiger partial charge is 0.0587 e. The quantitative estimate of drug-likeness (QED) is 0.776. The first-order chi connectivity index (χ1) is 9.72. The third-order valence-corrected chi connectivity index (χ3v) is 4.05. The summed E-state index contributed by atoms with van der Waals surface area (Å²) in [6.45, 7) is 6.25. The molecule has 2 nitrogen and oxygen atoms in total. The Kier molecular flexibility index (Phi) is 5.57. The molecule has 0 spiro atoms. The highest BCUT2D eigenvalue weighted by molar-refractivity contribution is 5.85. The number of methoxy groups -OCH3 is 1. The van der Waals surface area contributed by atoms with E-state index in [1.54, 1.807) is 7.11 Å². The topological polar surface area (TPSA) is 21.3 Å². The van der Waals surface area contributed by atoms with Crippen molar-refractivity contribution in [3.05, 3.63) is 48.0 Å². The van der Waals surface area contributed by atoms with Crippen LogP contribution in [-0.4, -0.2) is 26.3 Å². The Labute approximate surface area is 122 Å². The molecule has 2 aromatic carbocycles. The molecule has 0 aliphatic heterocycles. The second kappa shape index (κ2) is 7.41. The van der Waals surface area contributed by atoms with Crippen LogP contribution in [0, 0.1) is 5.92 Å². The molecule has 0 radical (unpaired) electrons. The van der Waals surface area contributed by atoms with E-state index in [9.17, 15) is 0 Å². The van der Waals surface area contributed by atoms with E-state index in [4.69, 9.17) is 4.74 Å². The van der Waals surface area contributed by atoms with Gasteiger partial charge in [0.2, 0.25) is 0 Å². The van der Waals surface area contributed by atoms with Crippen molar-refractivity contribution in [1.82, 2.24) is 5.32 Å². The first kappa shape index (κ1) is 15.0. The summed E-state index contributed by atoms with van der Waals surface area (Å²) in [7, 11) is 1.74. The number of hydrogen-bond donors (Lipinski definition) is 1. The zero-order chi connectivity index (χ0) is 14.4. The van der Waals surface area contributed by atoms with E-state index < -0.39 is 0 Å². The van der Waals surface area contributed by atoms with Crippen molar-refractivity contribution in [2.45, 2.75) is 26.3 Å². The van der Waals surface area contributed by atoms with Crippen LogP contribution >= 0.6 is 0 Å². The van der Waals surface area contributed by atoms with Crippen LogP contribution in [0.1, 0.15) is 19.4 Å². The minimum absolute atomic E-state index is 0.490. The van der Waals surface area contributed by atoms with Gasteiger partial charge in [-0.05, 0) is 35.6 Å². The summed E-state index contributed by atoms with van der Waals surface area (Å²) in [4.78, 5) is 0. The molecule has 1 N–H and O–H groups in total. The van der Waals surface area contributed by atoms with Crippen LogP contribution in [0.4, 0.5) is 0 Å². The highest BCUT2D eigenvalue weighted by Gasteiger charge is 2.13. The molecular formula is C18H25NO. The normalized spacial score (nSPS) is 14.3. The molecule has 0 amide bonds. The van der Waals surface area contributed by atoms with Gasteiger partial charge in [-0.15, -0.1) is 0 Å². The second-order valence-electron chi connectivity index (χ2n) is 5.56. The molecule has 2 rings (SSSR count). The van der Waals surface area contributed by atoms with E-state index in [0.29, 0.717) is 12.0 Å². The second-order valence-corrected chi connectivity index (χ2v) is 5.56. The maximum atomic E-state index is 5.09. The molecule has 0 heterocycles. The van der Waals surface area contributed by atoms with Crippen LogP contribution in [0.25, 0.3) is 10.8 Å². The number of fused-ring (bicyclic) bond motifs is 1. The molecular weight excluding hydrogens is 246 g/mol. The standard InChI is InChI=1S/C18H25NO/c1-14(15(2)19-11-12-20-3)13-17-9-6-8-16-7-4-5-10-18(16)17/h4-10,14-15,19H,11-13H2,1-3H3. The molecule has 108 valence electrons. The third kappa shape index (κ3) is 3.81. The fraction of sp³-hybridized carbons (Fsp3) is 0.444. The first-order valence-electron chi connectivity index (χ1n) is 7.41. The summed E-state index contributed by atoms with van der Waals surface area (Å²) in [5.74, 6) is 0.595. The summed E-state index contributed by atoms with van der Waals surface area (Å²) < 4.78 is 5.09. The van der Waals surface area contributed by atoms with E-state index >= 15 is 0 Å². The lowest BCUT2D eigenvalue weighted by molar-refractivity contribution is 0.192. The third-order valence-electron chi connectivity index (χ3n) is 4.05. The molecule has 20 heavy (non-hydrogen) atoms. The molecule has 0 saturated carbocycles. The highest BCUT2D eigenvalue weighted by atomic mass is 16.5. The maximum Gasteiger partial charge on any atom is 0.0587 e. The molecule has 2 heteroatoms. The van der Waals surface area contributed by atoms with Crippen molar-refractivity contribution in [3.8, 4) is 0 Å². The zero-order valence-corrected chi connectivity index (χ0v) is 12.7. The molecule has 0 aromatic heterocycles. The first-order valence-corrected chi connectivity index (χ1v) is 7.41. The molecule has 0 fully saturated rings. The van der Waals surface area contributed by atoms with Gasteiger partial charge in [0.1, 0.15) is 0 Å². The van der Waals surface area contributed by atoms with Crippen molar-refractivity contribution >= 4 is 10.8 Å². The SMILES string of the molecule is COCCNC(C)C(C)Cc1cccc2ccccc12. The summed E-state index contributed by atoms with van der Waals surface area (Å²) >= 11 is 0. The average molecular weight is 271 g/mol. The van der Waals surface area contributed by atoms with Crippen LogP contribution < -0.4 is 5.32 Å². The minimum Gasteiger partial charge on any atom is -0.383 e. The van der Waals surface area contributed by atoms with Gasteiger partial charge in [0.05, 0.1) is 6.61 Å². The number of ether oxygens (including phenoxy) is 1. The zero-order valence-electron chi connectivity index (χ0n) is 12.7. The van der Waals surface area contributed by atoms with E-state index in [0.717, 1.165) is 19.6 Å². The van der Waals surface area contributed by atoms with Gasteiger partial charge in [-0.1, -0.05) is 49.4 Å². The Morgan fingerprint density at radius 2 is 1.80 bits per heavy atom. The molecule has 0 aliphatic carbocycles. The maximum absolute atomic E-state index is 5.09. The predicted octanol–water partition coefficient (Wildman–Crippen LogP) is 3.64. The van der Waals surface area contributed by atoms with Gasteiger partial charge < -0.3 is 10.1 Å². The fourth-order valence-corrected chi connectivity index (χ4v) is 2.58. The van der Waals surface area contributed by atoms with Crippen LogP contribution in [0.2, 0.25) is 0 Å². The molecule has 2 aromatic rings. The highest BCUT2D eigenvalue weighted by Crippen LogP contribution is 2.22. The number of nitrogens with one attached hydrogen (secondary N) is 1. The molecule has 2 unspecified atom stereocenters. The van der Waals surface area contributed by atoms with Crippen molar-refractivity contribution in [3.63, 3.8) is 0 Å². The van der Waals surface area contributed by atoms with E-state index in [1.165, 1.54) is 16.3 Å². The Hall–Kier alpha value is -1.38. The summed E-state index contributed by atoms with van der Waals surface area (Å²) in [5.41, 5.74) is 1.44. The lowest BCUT2D eigenvalue weighted by Crippen LogP contribution is -2.35. The van der Waals surface area contributed by atoms with Crippen molar-refractivity contribution in [2.75, 3.05) is 20.3 Å². The summed E-state index contributed by atoms with van der Waals surface area (Å²) in [6.07, 6.45) is 1.10. The van der Waals surface area contributed by atoms with Crippen molar-refractivity contribution < 1.29 is 4.74 Å². The molecule has 0 bridgehead atoms. The van der Waals surface area contributed by atoms with Gasteiger partial charge in [-0.2, -0.15) is 0 Å². The van der Waals surface area contributed by atoms with E-state index in [2.05, 4.69) is 61.6 Å². The predicted molar refractivity (Wildman–Crippen MR) is 86.2 cm³/mol. The number of rotatable bonds is 7. The van der Waals surface area contributed by atoms with Gasteiger partial charge in [-0.3, -0.25) is 0 Å². The summed E-state index contributed by atoms with van der Waals surface area (Å²) in [5, 5.41) is 6.24. The minimum atomic E-state index is 0.490. The van der Waals surface area contributed by atoms with Crippen molar-refractivity contribution in [1.29, 1.82) is 0 Å². The molecule has 0 aliphatic rings. The van der Waals surface area contributed by atoms with Crippen LogP contribution in [0.5, 0.6) is 0 Å². The van der Waals surface area contributed by atoms with Crippen LogP contribution in [0.15, 0.2) is 42.5 Å². The number of benzene rings is 2. The molecule has 0 saturated heterocycles. The monoisotopic (exact) mass is 271 g/mol. The lowest BCUT2D eigenvalue weighted by Gasteiger charge is -2.22. The van der Waals surface area contributed by atoms with E-state index in [1.807, 2.05) is 0 Å². The van der Waals surface area contributed by atoms with Gasteiger partial charge in [0, 0.05) is 19.7 Å². The van der Waals surface area contributed by atoms with Gasteiger partial charge in [0.25, 0.3) is 0 Å². The van der Waals surface area contributed by atoms with Gasteiger partial charge in [0.15, 0.2) is 0 Å².